The second kappa shape index (κ2) is 7.20. The minimum absolute atomic E-state index is 0.158. The molecule has 0 bridgehead atoms. The number of oxazole rings is 1. The van der Waals surface area contributed by atoms with Gasteiger partial charge in [-0.25, -0.2) is 4.98 Å². The van der Waals surface area contributed by atoms with E-state index in [9.17, 15) is 4.79 Å². The summed E-state index contributed by atoms with van der Waals surface area (Å²) in [5, 5.41) is 2.89. The quantitative estimate of drug-likeness (QED) is 0.333. The van der Waals surface area contributed by atoms with Crippen LogP contribution < -0.4 is 5.32 Å². The standard InChI is InChI=1S/C20H12BrIN2O2/c21-16-8-6-13(22)10-15(16)20-24-17-11-14(7-9-18(17)26-20)23-19(25)12-4-2-1-3-5-12/h1-11H,(H,23,25). The Kier molecular flexibility index (Phi) is 4.78. The van der Waals surface area contributed by atoms with Crippen LogP contribution in [0.4, 0.5) is 5.69 Å². The Hall–Kier alpha value is -2.19. The monoisotopic (exact) mass is 518 g/mol. The third-order valence-corrected chi connectivity index (χ3v) is 5.20. The molecular formula is C20H12BrIN2O2. The molecule has 0 aliphatic rings. The van der Waals surface area contributed by atoms with Gasteiger partial charge in [-0.05, 0) is 87.1 Å². The summed E-state index contributed by atoms with van der Waals surface area (Å²) in [6.45, 7) is 0. The summed E-state index contributed by atoms with van der Waals surface area (Å²) in [6, 6.07) is 20.5. The average Bonchev–Trinajstić information content (AvgIpc) is 3.07. The van der Waals surface area contributed by atoms with Crippen molar-refractivity contribution in [2.45, 2.75) is 0 Å². The van der Waals surface area contributed by atoms with E-state index in [4.69, 9.17) is 4.42 Å². The third kappa shape index (κ3) is 3.52. The highest BCUT2D eigenvalue weighted by Gasteiger charge is 2.13. The molecule has 1 heterocycles. The van der Waals surface area contributed by atoms with Crippen LogP contribution in [0.25, 0.3) is 22.6 Å². The van der Waals surface area contributed by atoms with Gasteiger partial charge in [-0.3, -0.25) is 4.79 Å². The molecule has 6 heteroatoms. The molecule has 0 unspecified atom stereocenters. The SMILES string of the molecule is O=C(Nc1ccc2oc(-c3cc(I)ccc3Br)nc2c1)c1ccccc1. The Labute approximate surface area is 171 Å². The predicted octanol–water partition coefficient (Wildman–Crippen LogP) is 6.11. The zero-order chi connectivity index (χ0) is 18.1. The van der Waals surface area contributed by atoms with Gasteiger partial charge >= 0.3 is 0 Å². The third-order valence-electron chi connectivity index (χ3n) is 3.84. The van der Waals surface area contributed by atoms with Crippen LogP contribution in [0.3, 0.4) is 0 Å². The second-order valence-electron chi connectivity index (χ2n) is 5.65. The van der Waals surface area contributed by atoms with E-state index < -0.39 is 0 Å². The summed E-state index contributed by atoms with van der Waals surface area (Å²) in [5.41, 5.74) is 3.53. The van der Waals surface area contributed by atoms with Gasteiger partial charge in [-0.1, -0.05) is 18.2 Å². The lowest BCUT2D eigenvalue weighted by molar-refractivity contribution is 0.102. The van der Waals surface area contributed by atoms with Crippen LogP contribution in [0.2, 0.25) is 0 Å². The molecule has 0 saturated heterocycles. The van der Waals surface area contributed by atoms with E-state index in [0.717, 1.165) is 13.6 Å². The van der Waals surface area contributed by atoms with Gasteiger partial charge < -0.3 is 9.73 Å². The first-order valence-electron chi connectivity index (χ1n) is 7.82. The lowest BCUT2D eigenvalue weighted by Crippen LogP contribution is -2.11. The molecule has 1 aromatic heterocycles. The number of carbonyl (C=O) groups is 1. The fourth-order valence-electron chi connectivity index (χ4n) is 2.57. The Bertz CT molecular complexity index is 1110. The number of hydrogen-bond acceptors (Lipinski definition) is 3. The van der Waals surface area contributed by atoms with Gasteiger partial charge in [0.15, 0.2) is 5.58 Å². The van der Waals surface area contributed by atoms with Crippen molar-refractivity contribution < 1.29 is 9.21 Å². The molecular weight excluding hydrogens is 507 g/mol. The molecule has 0 atom stereocenters. The van der Waals surface area contributed by atoms with Crippen molar-refractivity contribution >= 4 is 61.2 Å². The number of rotatable bonds is 3. The Morgan fingerprint density at radius 1 is 1.04 bits per heavy atom. The molecule has 0 aliphatic carbocycles. The summed E-state index contributed by atoms with van der Waals surface area (Å²) in [5.74, 6) is 0.381. The lowest BCUT2D eigenvalue weighted by atomic mass is 10.2. The fraction of sp³-hybridized carbons (Fsp3) is 0. The smallest absolute Gasteiger partial charge is 0.255 e. The zero-order valence-electron chi connectivity index (χ0n) is 13.4. The molecule has 1 amide bonds. The summed E-state index contributed by atoms with van der Waals surface area (Å²) < 4.78 is 7.89. The van der Waals surface area contributed by atoms with Crippen LogP contribution >= 0.6 is 38.5 Å². The molecule has 3 aromatic carbocycles. The predicted molar refractivity (Wildman–Crippen MR) is 114 cm³/mol. The average molecular weight is 519 g/mol. The number of amides is 1. The van der Waals surface area contributed by atoms with Crippen molar-refractivity contribution in [3.8, 4) is 11.5 Å². The number of hydrogen-bond donors (Lipinski definition) is 1. The molecule has 4 nitrogen and oxygen atoms in total. The van der Waals surface area contributed by atoms with Crippen LogP contribution in [-0.4, -0.2) is 10.9 Å². The van der Waals surface area contributed by atoms with Crippen molar-refractivity contribution in [2.24, 2.45) is 0 Å². The number of halogens is 2. The first kappa shape index (κ1) is 17.2. The first-order valence-corrected chi connectivity index (χ1v) is 9.70. The normalized spacial score (nSPS) is 10.8. The van der Waals surface area contributed by atoms with Crippen molar-refractivity contribution in [3.05, 3.63) is 80.3 Å². The van der Waals surface area contributed by atoms with Gasteiger partial charge in [-0.15, -0.1) is 0 Å². The maximum atomic E-state index is 12.3. The minimum Gasteiger partial charge on any atom is -0.436 e. The molecule has 1 N–H and O–H groups in total. The van der Waals surface area contributed by atoms with Crippen molar-refractivity contribution in [3.63, 3.8) is 0 Å². The van der Waals surface area contributed by atoms with E-state index in [1.165, 1.54) is 0 Å². The lowest BCUT2D eigenvalue weighted by Gasteiger charge is -2.04. The summed E-state index contributed by atoms with van der Waals surface area (Å²) >= 11 is 5.79. The Balaban J connectivity index is 1.66. The van der Waals surface area contributed by atoms with Crippen LogP contribution in [0, 0.1) is 3.57 Å². The number of anilines is 1. The largest absolute Gasteiger partial charge is 0.436 e. The maximum absolute atomic E-state index is 12.3. The number of fused-ring (bicyclic) bond motifs is 1. The highest BCUT2D eigenvalue weighted by atomic mass is 127. The molecule has 0 aliphatic heterocycles. The zero-order valence-corrected chi connectivity index (χ0v) is 17.1. The van der Waals surface area contributed by atoms with Gasteiger partial charge in [0, 0.05) is 19.3 Å². The van der Waals surface area contributed by atoms with Crippen LogP contribution in [-0.2, 0) is 0 Å². The maximum Gasteiger partial charge on any atom is 0.255 e. The second-order valence-corrected chi connectivity index (χ2v) is 7.75. The fourth-order valence-corrected chi connectivity index (χ4v) is 3.48. The van der Waals surface area contributed by atoms with E-state index in [1.54, 1.807) is 12.1 Å². The molecule has 0 fully saturated rings. The van der Waals surface area contributed by atoms with E-state index >= 15 is 0 Å². The Morgan fingerprint density at radius 2 is 1.85 bits per heavy atom. The van der Waals surface area contributed by atoms with Crippen LogP contribution in [0.1, 0.15) is 10.4 Å². The van der Waals surface area contributed by atoms with Crippen LogP contribution in [0.5, 0.6) is 0 Å². The molecule has 0 radical (unpaired) electrons. The number of carbonyl (C=O) groups excluding carboxylic acids is 1. The van der Waals surface area contributed by atoms with E-state index in [1.807, 2.05) is 54.6 Å². The molecule has 0 saturated carbocycles. The highest BCUT2D eigenvalue weighted by molar-refractivity contribution is 14.1. The first-order chi connectivity index (χ1) is 12.6. The number of benzene rings is 3. The van der Waals surface area contributed by atoms with Gasteiger partial charge in [0.1, 0.15) is 5.52 Å². The molecule has 128 valence electrons. The van der Waals surface area contributed by atoms with Crippen molar-refractivity contribution in [2.75, 3.05) is 5.32 Å². The molecule has 4 aromatic rings. The summed E-state index contributed by atoms with van der Waals surface area (Å²) in [4.78, 5) is 16.9. The Morgan fingerprint density at radius 3 is 2.65 bits per heavy atom. The van der Waals surface area contributed by atoms with E-state index in [2.05, 4.69) is 48.8 Å². The number of nitrogens with one attached hydrogen (secondary N) is 1. The van der Waals surface area contributed by atoms with Gasteiger partial charge in [-0.2, -0.15) is 0 Å². The summed E-state index contributed by atoms with van der Waals surface area (Å²) in [7, 11) is 0. The molecule has 26 heavy (non-hydrogen) atoms. The highest BCUT2D eigenvalue weighted by Crippen LogP contribution is 2.32. The van der Waals surface area contributed by atoms with E-state index in [-0.39, 0.29) is 5.91 Å². The summed E-state index contributed by atoms with van der Waals surface area (Å²) in [6.07, 6.45) is 0. The van der Waals surface area contributed by atoms with E-state index in [0.29, 0.717) is 28.2 Å². The minimum atomic E-state index is -0.158. The van der Waals surface area contributed by atoms with Crippen LogP contribution in [0.15, 0.2) is 75.6 Å². The van der Waals surface area contributed by atoms with Crippen molar-refractivity contribution in [1.29, 1.82) is 0 Å². The van der Waals surface area contributed by atoms with Crippen molar-refractivity contribution in [1.82, 2.24) is 4.98 Å². The number of nitrogens with zero attached hydrogens (tertiary/aromatic N) is 1. The topological polar surface area (TPSA) is 55.1 Å². The molecule has 4 rings (SSSR count). The van der Waals surface area contributed by atoms with Gasteiger partial charge in [0.05, 0.1) is 5.56 Å². The van der Waals surface area contributed by atoms with Gasteiger partial charge in [0.2, 0.25) is 5.89 Å². The molecule has 0 spiro atoms. The van der Waals surface area contributed by atoms with Gasteiger partial charge in [0.25, 0.3) is 5.91 Å². The number of aromatic nitrogens is 1.